The molecule has 25 heavy (non-hydrogen) atoms. The molecule has 0 aliphatic carbocycles. The topological polar surface area (TPSA) is 15.3 Å². The lowest BCUT2D eigenvalue weighted by Gasteiger charge is -2.33. The van der Waals surface area contributed by atoms with Crippen molar-refractivity contribution in [3.63, 3.8) is 0 Å². The summed E-state index contributed by atoms with van der Waals surface area (Å²) in [7, 11) is 0. The highest BCUT2D eigenvalue weighted by molar-refractivity contribution is 7.99. The van der Waals surface area contributed by atoms with Crippen LogP contribution in [0.5, 0.6) is 0 Å². The largest absolute Gasteiger partial charge is 0.367 e. The fraction of sp³-hybridized carbons (Fsp3) is 0.400. The number of anilines is 1. The standard InChI is InChI=1S/C20H20Cl2N2S/c21-13-2-3-14(17(22)10-13)12-8-15-16-11-23-5-4-18(16)24-6-1-7-25-19(9-12)20(15)24/h2-3,8-10,16,18,23H,1,4-7,11H2. The van der Waals surface area contributed by atoms with Crippen LogP contribution in [0, 0.1) is 0 Å². The molecule has 3 aliphatic rings. The van der Waals surface area contributed by atoms with Crippen molar-refractivity contribution in [3.8, 4) is 11.1 Å². The molecule has 1 fully saturated rings. The fourth-order valence-corrected chi connectivity index (χ4v) is 6.20. The van der Waals surface area contributed by atoms with Gasteiger partial charge in [0.2, 0.25) is 0 Å². The summed E-state index contributed by atoms with van der Waals surface area (Å²) in [5.41, 5.74) is 5.30. The van der Waals surface area contributed by atoms with Gasteiger partial charge < -0.3 is 10.2 Å². The number of nitrogens with zero attached hydrogens (tertiary/aromatic N) is 1. The SMILES string of the molecule is Clc1ccc(-c2cc3c4c(c2)C2CNCCC2N4CCCS3)c(Cl)c1. The highest BCUT2D eigenvalue weighted by Gasteiger charge is 2.41. The van der Waals surface area contributed by atoms with E-state index < -0.39 is 0 Å². The zero-order valence-electron chi connectivity index (χ0n) is 13.9. The Balaban J connectivity index is 1.69. The lowest BCUT2D eigenvalue weighted by atomic mass is 9.88. The summed E-state index contributed by atoms with van der Waals surface area (Å²) in [4.78, 5) is 4.12. The lowest BCUT2D eigenvalue weighted by Crippen LogP contribution is -2.44. The number of piperidine rings is 1. The Morgan fingerprint density at radius 1 is 1.16 bits per heavy atom. The molecule has 3 heterocycles. The number of nitrogens with one attached hydrogen (secondary N) is 1. The molecule has 2 aromatic rings. The number of halogens is 2. The van der Waals surface area contributed by atoms with E-state index in [1.54, 1.807) is 0 Å². The van der Waals surface area contributed by atoms with Gasteiger partial charge in [0.1, 0.15) is 0 Å². The molecular weight excluding hydrogens is 371 g/mol. The Kier molecular flexibility index (Phi) is 4.16. The van der Waals surface area contributed by atoms with Gasteiger partial charge in [-0.1, -0.05) is 29.3 Å². The van der Waals surface area contributed by atoms with Gasteiger partial charge in [-0.05, 0) is 60.5 Å². The van der Waals surface area contributed by atoms with Crippen molar-refractivity contribution >= 4 is 40.7 Å². The van der Waals surface area contributed by atoms with Crippen molar-refractivity contribution in [2.45, 2.75) is 29.7 Å². The summed E-state index contributed by atoms with van der Waals surface area (Å²) in [5.74, 6) is 1.78. The van der Waals surface area contributed by atoms with Gasteiger partial charge in [0, 0.05) is 45.6 Å². The van der Waals surface area contributed by atoms with E-state index in [1.165, 1.54) is 46.8 Å². The number of hydrogen-bond acceptors (Lipinski definition) is 3. The van der Waals surface area contributed by atoms with Crippen molar-refractivity contribution < 1.29 is 0 Å². The molecule has 2 atom stereocenters. The maximum absolute atomic E-state index is 6.51. The quantitative estimate of drug-likeness (QED) is 0.699. The predicted octanol–water partition coefficient (Wildman–Crippen LogP) is 5.42. The Bertz CT molecular complexity index is 839. The highest BCUT2D eigenvalue weighted by Crippen LogP contribution is 2.51. The summed E-state index contributed by atoms with van der Waals surface area (Å²) in [5, 5.41) is 5.01. The minimum atomic E-state index is 0.590. The molecule has 0 spiro atoms. The number of benzene rings is 2. The summed E-state index contributed by atoms with van der Waals surface area (Å²) in [6.07, 6.45) is 2.49. The molecule has 3 aliphatic heterocycles. The zero-order valence-corrected chi connectivity index (χ0v) is 16.2. The van der Waals surface area contributed by atoms with Crippen LogP contribution in [0.15, 0.2) is 35.2 Å². The number of fused-ring (bicyclic) bond motifs is 3. The first-order chi connectivity index (χ1) is 12.2. The van der Waals surface area contributed by atoms with Crippen molar-refractivity contribution in [1.82, 2.24) is 5.32 Å². The van der Waals surface area contributed by atoms with Crippen LogP contribution in [0.25, 0.3) is 11.1 Å². The molecular formula is C20H20Cl2N2S. The summed E-state index contributed by atoms with van der Waals surface area (Å²) < 4.78 is 0. The van der Waals surface area contributed by atoms with E-state index in [0.29, 0.717) is 17.0 Å². The summed E-state index contributed by atoms with van der Waals surface area (Å²) >= 11 is 14.6. The Labute approximate surface area is 162 Å². The monoisotopic (exact) mass is 390 g/mol. The molecule has 0 aromatic heterocycles. The third-order valence-electron chi connectivity index (χ3n) is 5.68. The van der Waals surface area contributed by atoms with Crippen LogP contribution < -0.4 is 10.2 Å². The second-order valence-electron chi connectivity index (χ2n) is 7.10. The Hall–Kier alpha value is -0.870. The molecule has 2 unspecified atom stereocenters. The van der Waals surface area contributed by atoms with Crippen LogP contribution in [-0.2, 0) is 0 Å². The van der Waals surface area contributed by atoms with Crippen LogP contribution >= 0.6 is 35.0 Å². The molecule has 130 valence electrons. The fourth-order valence-electron chi connectivity index (χ4n) is 4.60. The van der Waals surface area contributed by atoms with Gasteiger partial charge in [-0.2, -0.15) is 0 Å². The minimum absolute atomic E-state index is 0.590. The van der Waals surface area contributed by atoms with Crippen molar-refractivity contribution in [1.29, 1.82) is 0 Å². The molecule has 0 bridgehead atoms. The molecule has 0 amide bonds. The minimum Gasteiger partial charge on any atom is -0.367 e. The van der Waals surface area contributed by atoms with Crippen molar-refractivity contribution in [3.05, 3.63) is 45.9 Å². The number of rotatable bonds is 1. The van der Waals surface area contributed by atoms with Crippen LogP contribution in [0.3, 0.4) is 0 Å². The van der Waals surface area contributed by atoms with Crippen LogP contribution in [-0.4, -0.2) is 31.4 Å². The molecule has 5 heteroatoms. The first-order valence-electron chi connectivity index (χ1n) is 8.96. The molecule has 1 saturated heterocycles. The molecule has 2 aromatic carbocycles. The van der Waals surface area contributed by atoms with Gasteiger partial charge in [-0.25, -0.2) is 0 Å². The second-order valence-corrected chi connectivity index (χ2v) is 9.08. The van der Waals surface area contributed by atoms with E-state index in [0.717, 1.165) is 23.7 Å². The Morgan fingerprint density at radius 2 is 2.08 bits per heavy atom. The first-order valence-corrected chi connectivity index (χ1v) is 10.7. The maximum atomic E-state index is 6.51. The summed E-state index contributed by atoms with van der Waals surface area (Å²) in [6.45, 7) is 3.40. The third-order valence-corrected chi connectivity index (χ3v) is 7.34. The van der Waals surface area contributed by atoms with Crippen LogP contribution in [0.1, 0.15) is 24.3 Å². The molecule has 0 saturated carbocycles. The van der Waals surface area contributed by atoms with Gasteiger partial charge in [-0.15, -0.1) is 11.8 Å². The molecule has 2 nitrogen and oxygen atoms in total. The zero-order chi connectivity index (χ0) is 17.0. The van der Waals surface area contributed by atoms with E-state index in [4.69, 9.17) is 23.2 Å². The number of thioether (sulfide) groups is 1. The molecule has 0 radical (unpaired) electrons. The second kappa shape index (κ2) is 6.38. The van der Waals surface area contributed by atoms with Crippen LogP contribution in [0.4, 0.5) is 5.69 Å². The van der Waals surface area contributed by atoms with Crippen molar-refractivity contribution in [2.75, 3.05) is 30.3 Å². The molecule has 1 N–H and O–H groups in total. The van der Waals surface area contributed by atoms with E-state index in [9.17, 15) is 0 Å². The van der Waals surface area contributed by atoms with Gasteiger partial charge in [0.25, 0.3) is 0 Å². The predicted molar refractivity (Wildman–Crippen MR) is 109 cm³/mol. The normalized spacial score (nSPS) is 24.6. The first kappa shape index (κ1) is 16.3. The van der Waals surface area contributed by atoms with E-state index in [-0.39, 0.29) is 0 Å². The van der Waals surface area contributed by atoms with E-state index in [1.807, 2.05) is 30.0 Å². The Morgan fingerprint density at radius 3 is 2.96 bits per heavy atom. The van der Waals surface area contributed by atoms with Crippen LogP contribution in [0.2, 0.25) is 10.0 Å². The highest BCUT2D eigenvalue weighted by atomic mass is 35.5. The van der Waals surface area contributed by atoms with Gasteiger partial charge in [0.05, 0.1) is 5.69 Å². The number of hydrogen-bond donors (Lipinski definition) is 1. The maximum Gasteiger partial charge on any atom is 0.0544 e. The smallest absolute Gasteiger partial charge is 0.0544 e. The van der Waals surface area contributed by atoms with Gasteiger partial charge in [-0.3, -0.25) is 0 Å². The lowest BCUT2D eigenvalue weighted by molar-refractivity contribution is 0.403. The average molecular weight is 391 g/mol. The van der Waals surface area contributed by atoms with E-state index in [2.05, 4.69) is 22.3 Å². The third kappa shape index (κ3) is 2.68. The van der Waals surface area contributed by atoms with Gasteiger partial charge in [0.15, 0.2) is 0 Å². The summed E-state index contributed by atoms with van der Waals surface area (Å²) in [6, 6.07) is 11.2. The average Bonchev–Trinajstić information content (AvgIpc) is 2.77. The van der Waals surface area contributed by atoms with E-state index >= 15 is 0 Å². The van der Waals surface area contributed by atoms with Crippen molar-refractivity contribution in [2.24, 2.45) is 0 Å². The molecule has 5 rings (SSSR count). The van der Waals surface area contributed by atoms with Gasteiger partial charge >= 0.3 is 0 Å².